The van der Waals surface area contributed by atoms with Crippen molar-refractivity contribution in [2.75, 3.05) is 5.32 Å². The molecule has 0 radical (unpaired) electrons. The number of nitrogens with one attached hydrogen (secondary N) is 1. The Bertz CT molecular complexity index is 1030. The number of carbonyl (C=O) groups excluding carboxylic acids is 1. The van der Waals surface area contributed by atoms with Crippen molar-refractivity contribution < 1.29 is 18.1 Å². The van der Waals surface area contributed by atoms with E-state index in [-0.39, 0.29) is 11.7 Å². The Labute approximate surface area is 147 Å². The molecule has 7 heteroatoms. The van der Waals surface area contributed by atoms with Crippen LogP contribution in [0, 0.1) is 5.82 Å². The average Bonchev–Trinajstić information content (AvgIpc) is 3.33. The molecule has 6 nitrogen and oxygen atoms in total. The van der Waals surface area contributed by atoms with Crippen LogP contribution in [-0.4, -0.2) is 16.0 Å². The second kappa shape index (κ2) is 6.64. The SMILES string of the molecule is O=C(Nc1onc(-c2ccc(F)cc2)c1-c1ccncc1)c1ccoc1. The fourth-order valence-electron chi connectivity index (χ4n) is 2.54. The van der Waals surface area contributed by atoms with Crippen LogP contribution in [0.4, 0.5) is 10.3 Å². The molecule has 3 heterocycles. The molecule has 0 saturated carbocycles. The Kier molecular flexibility index (Phi) is 4.03. The summed E-state index contributed by atoms with van der Waals surface area (Å²) in [7, 11) is 0. The van der Waals surface area contributed by atoms with Crippen LogP contribution >= 0.6 is 0 Å². The Hall–Kier alpha value is -3.74. The van der Waals surface area contributed by atoms with Gasteiger partial charge in [-0.3, -0.25) is 15.1 Å². The normalized spacial score (nSPS) is 10.7. The van der Waals surface area contributed by atoms with E-state index < -0.39 is 5.91 Å². The molecule has 1 amide bonds. The van der Waals surface area contributed by atoms with Gasteiger partial charge in [0.25, 0.3) is 5.91 Å². The van der Waals surface area contributed by atoms with Crippen LogP contribution in [0.2, 0.25) is 0 Å². The van der Waals surface area contributed by atoms with Crippen LogP contribution < -0.4 is 5.32 Å². The van der Waals surface area contributed by atoms with E-state index in [1.54, 1.807) is 42.7 Å². The van der Waals surface area contributed by atoms with E-state index in [1.807, 2.05) is 0 Å². The Morgan fingerprint density at radius 1 is 1.00 bits per heavy atom. The van der Waals surface area contributed by atoms with Crippen LogP contribution in [0.1, 0.15) is 10.4 Å². The fourth-order valence-corrected chi connectivity index (χ4v) is 2.54. The van der Waals surface area contributed by atoms with Gasteiger partial charge in [0.2, 0.25) is 5.88 Å². The minimum Gasteiger partial charge on any atom is -0.472 e. The second-order valence-corrected chi connectivity index (χ2v) is 5.44. The van der Waals surface area contributed by atoms with Gasteiger partial charge in [-0.2, -0.15) is 0 Å². The molecule has 0 aliphatic rings. The van der Waals surface area contributed by atoms with Crippen molar-refractivity contribution in [1.29, 1.82) is 0 Å². The highest BCUT2D eigenvalue weighted by atomic mass is 19.1. The molecule has 26 heavy (non-hydrogen) atoms. The monoisotopic (exact) mass is 349 g/mol. The second-order valence-electron chi connectivity index (χ2n) is 5.44. The summed E-state index contributed by atoms with van der Waals surface area (Å²) in [5, 5.41) is 6.76. The Morgan fingerprint density at radius 2 is 1.77 bits per heavy atom. The highest BCUT2D eigenvalue weighted by Gasteiger charge is 2.22. The lowest BCUT2D eigenvalue weighted by Gasteiger charge is -2.05. The molecule has 1 aromatic carbocycles. The topological polar surface area (TPSA) is 81.2 Å². The van der Waals surface area contributed by atoms with Gasteiger partial charge in [0.15, 0.2) is 0 Å². The lowest BCUT2D eigenvalue weighted by atomic mass is 10.0. The van der Waals surface area contributed by atoms with Gasteiger partial charge < -0.3 is 8.94 Å². The molecule has 0 saturated heterocycles. The average molecular weight is 349 g/mol. The number of anilines is 1. The molecule has 0 bridgehead atoms. The molecule has 4 rings (SSSR count). The van der Waals surface area contributed by atoms with Crippen molar-refractivity contribution in [2.45, 2.75) is 0 Å². The predicted molar refractivity (Wildman–Crippen MR) is 91.8 cm³/mol. The molecule has 0 aliphatic carbocycles. The third-order valence-electron chi connectivity index (χ3n) is 3.79. The summed E-state index contributed by atoms with van der Waals surface area (Å²) in [5.41, 5.74) is 2.83. The van der Waals surface area contributed by atoms with Crippen LogP contribution in [0.15, 0.2) is 76.3 Å². The number of carbonyl (C=O) groups is 1. The van der Waals surface area contributed by atoms with Crippen molar-refractivity contribution >= 4 is 11.8 Å². The van der Waals surface area contributed by atoms with Crippen molar-refractivity contribution in [3.05, 3.63) is 78.8 Å². The smallest absolute Gasteiger partial charge is 0.261 e. The molecule has 4 aromatic rings. The summed E-state index contributed by atoms with van der Waals surface area (Å²) in [5.74, 6) is -0.561. The van der Waals surface area contributed by atoms with Gasteiger partial charge in [0.1, 0.15) is 17.8 Å². The number of pyridine rings is 1. The fraction of sp³-hybridized carbons (Fsp3) is 0. The summed E-state index contributed by atoms with van der Waals surface area (Å²) < 4.78 is 23.5. The summed E-state index contributed by atoms with van der Waals surface area (Å²) in [6, 6.07) is 11.0. The van der Waals surface area contributed by atoms with Crippen LogP contribution in [0.5, 0.6) is 0 Å². The van der Waals surface area contributed by atoms with Gasteiger partial charge in [-0.25, -0.2) is 4.39 Å². The molecule has 0 fully saturated rings. The van der Waals surface area contributed by atoms with Crippen molar-refractivity contribution in [2.24, 2.45) is 0 Å². The van der Waals surface area contributed by atoms with Crippen molar-refractivity contribution in [1.82, 2.24) is 10.1 Å². The first kappa shape index (κ1) is 15.8. The summed E-state index contributed by atoms with van der Waals surface area (Å²) in [4.78, 5) is 16.3. The third-order valence-corrected chi connectivity index (χ3v) is 3.79. The number of hydrogen-bond donors (Lipinski definition) is 1. The van der Waals surface area contributed by atoms with Gasteiger partial charge in [0, 0.05) is 18.0 Å². The number of benzene rings is 1. The van der Waals surface area contributed by atoms with E-state index in [2.05, 4.69) is 15.5 Å². The molecule has 3 aromatic heterocycles. The third kappa shape index (κ3) is 2.98. The highest BCUT2D eigenvalue weighted by molar-refractivity contribution is 6.06. The van der Waals surface area contributed by atoms with E-state index in [1.165, 1.54) is 24.7 Å². The van der Waals surface area contributed by atoms with E-state index >= 15 is 0 Å². The quantitative estimate of drug-likeness (QED) is 0.591. The minimum absolute atomic E-state index is 0.182. The van der Waals surface area contributed by atoms with E-state index in [9.17, 15) is 9.18 Å². The van der Waals surface area contributed by atoms with Crippen LogP contribution in [-0.2, 0) is 0 Å². The lowest BCUT2D eigenvalue weighted by Crippen LogP contribution is -2.10. The number of nitrogens with zero attached hydrogens (tertiary/aromatic N) is 2. The van der Waals surface area contributed by atoms with Crippen molar-refractivity contribution in [3.63, 3.8) is 0 Å². The summed E-state index contributed by atoms with van der Waals surface area (Å²) in [6.07, 6.45) is 5.98. The number of aromatic nitrogens is 2. The van der Waals surface area contributed by atoms with Gasteiger partial charge in [-0.1, -0.05) is 5.16 Å². The molecular formula is C19H12FN3O3. The standard InChI is InChI=1S/C19H12FN3O3/c20-15-3-1-13(2-4-15)17-16(12-5-8-21-9-6-12)19(26-23-17)22-18(24)14-7-10-25-11-14/h1-11H,(H,22,24). The molecule has 1 N–H and O–H groups in total. The zero-order valence-corrected chi connectivity index (χ0v) is 13.3. The molecule has 0 unspecified atom stereocenters. The molecule has 0 spiro atoms. The maximum Gasteiger partial charge on any atom is 0.261 e. The minimum atomic E-state index is -0.393. The molecule has 128 valence electrons. The van der Waals surface area contributed by atoms with E-state index in [4.69, 9.17) is 8.94 Å². The molecule has 0 atom stereocenters. The summed E-state index contributed by atoms with van der Waals surface area (Å²) in [6.45, 7) is 0. The first-order chi connectivity index (χ1) is 12.7. The van der Waals surface area contributed by atoms with Crippen molar-refractivity contribution in [3.8, 4) is 22.4 Å². The largest absolute Gasteiger partial charge is 0.472 e. The van der Waals surface area contributed by atoms with Gasteiger partial charge in [-0.15, -0.1) is 0 Å². The molecule has 0 aliphatic heterocycles. The number of amides is 1. The number of rotatable bonds is 4. The first-order valence-corrected chi connectivity index (χ1v) is 7.72. The lowest BCUT2D eigenvalue weighted by molar-refractivity contribution is 0.102. The Balaban J connectivity index is 1.79. The zero-order valence-electron chi connectivity index (χ0n) is 13.3. The number of furan rings is 1. The maximum absolute atomic E-state index is 13.2. The highest BCUT2D eigenvalue weighted by Crippen LogP contribution is 2.37. The first-order valence-electron chi connectivity index (χ1n) is 7.72. The number of halogens is 1. The Morgan fingerprint density at radius 3 is 2.46 bits per heavy atom. The van der Waals surface area contributed by atoms with E-state index in [0.29, 0.717) is 22.4 Å². The summed E-state index contributed by atoms with van der Waals surface area (Å²) >= 11 is 0. The zero-order chi connectivity index (χ0) is 17.9. The van der Waals surface area contributed by atoms with Crippen LogP contribution in [0.25, 0.3) is 22.4 Å². The predicted octanol–water partition coefficient (Wildman–Crippen LogP) is 4.39. The van der Waals surface area contributed by atoms with E-state index in [0.717, 1.165) is 5.56 Å². The van der Waals surface area contributed by atoms with Gasteiger partial charge >= 0.3 is 0 Å². The maximum atomic E-state index is 13.2. The van der Waals surface area contributed by atoms with Gasteiger partial charge in [-0.05, 0) is 48.0 Å². The van der Waals surface area contributed by atoms with Gasteiger partial charge in [0.05, 0.1) is 17.4 Å². The molecular weight excluding hydrogens is 337 g/mol. The number of hydrogen-bond acceptors (Lipinski definition) is 5. The van der Waals surface area contributed by atoms with Crippen LogP contribution in [0.3, 0.4) is 0 Å².